The van der Waals surface area contributed by atoms with Crippen LogP contribution in [-0.4, -0.2) is 0 Å². The van der Waals surface area contributed by atoms with Gasteiger partial charge in [0.1, 0.15) is 5.58 Å². The molecule has 96 valence electrons. The largest absolute Gasteiger partial charge is 0.449 e. The van der Waals surface area contributed by atoms with Gasteiger partial charge in [-0.2, -0.15) is 0 Å². The van der Waals surface area contributed by atoms with Crippen LogP contribution in [0.15, 0.2) is 75.8 Å². The Kier molecular flexibility index (Phi) is 2.64. The fraction of sp³-hybridized carbons (Fsp3) is 0. The second-order valence-corrected chi connectivity index (χ2v) is 5.58. The number of hydrogen-bond donors (Lipinski definition) is 0. The summed E-state index contributed by atoms with van der Waals surface area (Å²) in [5.74, 6) is 0. The smallest absolute Gasteiger partial charge is 0.170 e. The molecule has 1 nitrogen and oxygen atoms in total. The Morgan fingerprint density at radius 2 is 1.55 bits per heavy atom. The van der Waals surface area contributed by atoms with Crippen LogP contribution in [0.1, 0.15) is 0 Å². The first-order chi connectivity index (χ1) is 9.83. The molecule has 0 N–H and O–H groups in total. The van der Waals surface area contributed by atoms with E-state index in [0.717, 1.165) is 15.6 Å². The lowest BCUT2D eigenvalue weighted by atomic mass is 9.97. The number of halogens is 1. The highest BCUT2D eigenvalue weighted by molar-refractivity contribution is 9.10. The van der Waals surface area contributed by atoms with Gasteiger partial charge < -0.3 is 4.42 Å². The lowest BCUT2D eigenvalue weighted by molar-refractivity contribution is 0.587. The molecule has 1 heterocycles. The summed E-state index contributed by atoms with van der Waals surface area (Å²) in [6.45, 7) is 0. The van der Waals surface area contributed by atoms with Gasteiger partial charge in [0.05, 0.1) is 0 Å². The first-order valence-electron chi connectivity index (χ1n) is 6.49. The fourth-order valence-electron chi connectivity index (χ4n) is 2.72. The Balaban J connectivity index is 2.11. The minimum atomic E-state index is 0.769. The summed E-state index contributed by atoms with van der Waals surface area (Å²) in [5, 5.41) is 3.62. The predicted octanol–water partition coefficient (Wildman–Crippen LogP) is 6.02. The van der Waals surface area contributed by atoms with Crippen LogP contribution in [-0.2, 0) is 0 Å². The van der Waals surface area contributed by atoms with E-state index in [2.05, 4.69) is 64.5 Å². The van der Waals surface area contributed by atoms with Crippen LogP contribution in [0.5, 0.6) is 0 Å². The molecule has 4 aromatic rings. The third-order valence-electron chi connectivity index (χ3n) is 3.61. The Labute approximate surface area is 125 Å². The van der Waals surface area contributed by atoms with Gasteiger partial charge in [0, 0.05) is 5.39 Å². The highest BCUT2D eigenvalue weighted by atomic mass is 79.9. The molecule has 2 heteroatoms. The Bertz CT molecular complexity index is 907. The fourth-order valence-corrected chi connectivity index (χ4v) is 3.12. The zero-order valence-corrected chi connectivity index (χ0v) is 12.2. The van der Waals surface area contributed by atoms with Crippen molar-refractivity contribution in [2.45, 2.75) is 0 Å². The van der Waals surface area contributed by atoms with E-state index in [9.17, 15) is 0 Å². The summed E-state index contributed by atoms with van der Waals surface area (Å²) in [7, 11) is 0. The zero-order chi connectivity index (χ0) is 13.5. The second kappa shape index (κ2) is 4.50. The molecule has 0 radical (unpaired) electrons. The normalized spacial score (nSPS) is 11.2. The van der Waals surface area contributed by atoms with E-state index in [0.29, 0.717) is 0 Å². The van der Waals surface area contributed by atoms with Crippen molar-refractivity contribution in [3.63, 3.8) is 0 Å². The van der Waals surface area contributed by atoms with Crippen molar-refractivity contribution in [1.82, 2.24) is 0 Å². The van der Waals surface area contributed by atoms with Crippen LogP contribution in [0.4, 0.5) is 0 Å². The standard InChI is InChI=1S/C18H11BrO/c19-18-11-16-14-8-4-7-13(12-5-2-1-3-6-12)15(14)9-10-17(16)20-18/h1-11H. The molecule has 0 aliphatic carbocycles. The minimum absolute atomic E-state index is 0.769. The summed E-state index contributed by atoms with van der Waals surface area (Å²) in [5.41, 5.74) is 3.40. The molecule has 0 amide bonds. The van der Waals surface area contributed by atoms with E-state index < -0.39 is 0 Å². The van der Waals surface area contributed by atoms with Crippen molar-refractivity contribution in [2.75, 3.05) is 0 Å². The van der Waals surface area contributed by atoms with Gasteiger partial charge in [0.25, 0.3) is 0 Å². The molecule has 0 saturated carbocycles. The molecule has 0 atom stereocenters. The number of furan rings is 1. The highest BCUT2D eigenvalue weighted by Crippen LogP contribution is 2.35. The van der Waals surface area contributed by atoms with Crippen molar-refractivity contribution in [1.29, 1.82) is 0 Å². The maximum absolute atomic E-state index is 5.64. The number of benzene rings is 3. The van der Waals surface area contributed by atoms with Gasteiger partial charge in [-0.15, -0.1) is 0 Å². The Hall–Kier alpha value is -2.06. The predicted molar refractivity (Wildman–Crippen MR) is 86.9 cm³/mol. The van der Waals surface area contributed by atoms with E-state index in [-0.39, 0.29) is 0 Å². The van der Waals surface area contributed by atoms with Crippen molar-refractivity contribution in [2.24, 2.45) is 0 Å². The maximum Gasteiger partial charge on any atom is 0.170 e. The van der Waals surface area contributed by atoms with Crippen LogP contribution in [0.25, 0.3) is 32.9 Å². The summed E-state index contributed by atoms with van der Waals surface area (Å²) < 4.78 is 6.41. The highest BCUT2D eigenvalue weighted by Gasteiger charge is 2.09. The first-order valence-corrected chi connectivity index (χ1v) is 7.28. The number of rotatable bonds is 1. The third kappa shape index (κ3) is 1.76. The van der Waals surface area contributed by atoms with Crippen LogP contribution in [0.3, 0.4) is 0 Å². The molecule has 0 fully saturated rings. The summed E-state index contributed by atoms with van der Waals surface area (Å²) in [4.78, 5) is 0. The minimum Gasteiger partial charge on any atom is -0.449 e. The number of fused-ring (bicyclic) bond motifs is 3. The first kappa shape index (κ1) is 11.7. The molecule has 0 bridgehead atoms. The number of hydrogen-bond acceptors (Lipinski definition) is 1. The van der Waals surface area contributed by atoms with Gasteiger partial charge in [-0.05, 0) is 50.0 Å². The van der Waals surface area contributed by atoms with Crippen LogP contribution >= 0.6 is 15.9 Å². The van der Waals surface area contributed by atoms with Crippen molar-refractivity contribution in [3.05, 3.63) is 71.4 Å². The maximum atomic E-state index is 5.64. The average Bonchev–Trinajstić information content (AvgIpc) is 2.88. The van der Waals surface area contributed by atoms with E-state index in [1.807, 2.05) is 18.2 Å². The molecule has 3 aromatic carbocycles. The molecular weight excluding hydrogens is 312 g/mol. The molecule has 0 aliphatic rings. The molecule has 4 rings (SSSR count). The van der Waals surface area contributed by atoms with Gasteiger partial charge in [-0.25, -0.2) is 0 Å². The topological polar surface area (TPSA) is 13.1 Å². The Morgan fingerprint density at radius 3 is 2.40 bits per heavy atom. The molecule has 0 aliphatic heterocycles. The SMILES string of the molecule is Brc1cc2c(ccc3c(-c4ccccc4)cccc32)o1. The van der Waals surface area contributed by atoms with Crippen molar-refractivity contribution in [3.8, 4) is 11.1 Å². The van der Waals surface area contributed by atoms with Crippen molar-refractivity contribution >= 4 is 37.7 Å². The van der Waals surface area contributed by atoms with Crippen LogP contribution in [0, 0.1) is 0 Å². The van der Waals surface area contributed by atoms with E-state index in [1.165, 1.54) is 21.9 Å². The lowest BCUT2D eigenvalue weighted by Gasteiger charge is -2.07. The van der Waals surface area contributed by atoms with E-state index in [4.69, 9.17) is 4.42 Å². The summed E-state index contributed by atoms with van der Waals surface area (Å²) in [6.07, 6.45) is 0. The Morgan fingerprint density at radius 1 is 0.700 bits per heavy atom. The molecule has 0 saturated heterocycles. The van der Waals surface area contributed by atoms with Crippen LogP contribution in [0.2, 0.25) is 0 Å². The van der Waals surface area contributed by atoms with Crippen LogP contribution < -0.4 is 0 Å². The zero-order valence-electron chi connectivity index (χ0n) is 10.6. The van der Waals surface area contributed by atoms with Gasteiger partial charge in [-0.1, -0.05) is 54.6 Å². The van der Waals surface area contributed by atoms with E-state index in [1.54, 1.807) is 0 Å². The molecular formula is C18H11BrO. The third-order valence-corrected chi connectivity index (χ3v) is 4.00. The summed E-state index contributed by atoms with van der Waals surface area (Å²) in [6, 6.07) is 23.1. The van der Waals surface area contributed by atoms with Gasteiger partial charge in [0.2, 0.25) is 0 Å². The molecule has 1 aromatic heterocycles. The quantitative estimate of drug-likeness (QED) is 0.418. The second-order valence-electron chi connectivity index (χ2n) is 4.79. The molecule has 0 spiro atoms. The summed E-state index contributed by atoms with van der Waals surface area (Å²) >= 11 is 3.41. The molecule has 0 unspecified atom stereocenters. The average molecular weight is 323 g/mol. The van der Waals surface area contributed by atoms with E-state index >= 15 is 0 Å². The van der Waals surface area contributed by atoms with Crippen molar-refractivity contribution < 1.29 is 4.42 Å². The molecule has 20 heavy (non-hydrogen) atoms. The lowest BCUT2D eigenvalue weighted by Crippen LogP contribution is -1.81. The van der Waals surface area contributed by atoms with Gasteiger partial charge in [-0.3, -0.25) is 0 Å². The van der Waals surface area contributed by atoms with Gasteiger partial charge >= 0.3 is 0 Å². The monoisotopic (exact) mass is 322 g/mol. The van der Waals surface area contributed by atoms with Gasteiger partial charge in [0.15, 0.2) is 4.67 Å².